The van der Waals surface area contributed by atoms with Gasteiger partial charge in [0, 0.05) is 57.1 Å². The van der Waals surface area contributed by atoms with Crippen molar-refractivity contribution in [3.05, 3.63) is 77.5 Å². The topological polar surface area (TPSA) is 148 Å². The smallest absolute Gasteiger partial charge is 0.318 e. The summed E-state index contributed by atoms with van der Waals surface area (Å²) >= 11 is 0. The number of benzene rings is 2. The van der Waals surface area contributed by atoms with Crippen LogP contribution >= 0.6 is 0 Å². The van der Waals surface area contributed by atoms with Gasteiger partial charge in [0.15, 0.2) is 5.54 Å². The minimum atomic E-state index is -4.62. The van der Waals surface area contributed by atoms with Crippen molar-refractivity contribution in [2.24, 2.45) is 0 Å². The summed E-state index contributed by atoms with van der Waals surface area (Å²) < 4.78 is 40.9. The van der Waals surface area contributed by atoms with E-state index in [4.69, 9.17) is 9.47 Å². The van der Waals surface area contributed by atoms with Gasteiger partial charge in [0.05, 0.1) is 36.6 Å². The van der Waals surface area contributed by atoms with E-state index in [0.29, 0.717) is 23.4 Å². The number of para-hydroxylation sites is 1. The summed E-state index contributed by atoms with van der Waals surface area (Å²) in [4.78, 5) is 40.3. The molecule has 0 aliphatic carbocycles. The molecule has 3 amide bonds. The van der Waals surface area contributed by atoms with Crippen LogP contribution in [0.2, 0.25) is 0 Å². The van der Waals surface area contributed by atoms with Crippen molar-refractivity contribution in [3.8, 4) is 17.7 Å². The van der Waals surface area contributed by atoms with E-state index in [-0.39, 0.29) is 45.5 Å². The Labute approximate surface area is 293 Å². The lowest BCUT2D eigenvalue weighted by Crippen LogP contribution is -2.59. The number of rotatable bonds is 10. The molecule has 1 aromatic heterocycles. The number of piperidine rings is 1. The summed E-state index contributed by atoms with van der Waals surface area (Å²) in [5.41, 5.74) is -1.68. The molecule has 3 aromatic rings. The number of pyridine rings is 1. The van der Waals surface area contributed by atoms with Gasteiger partial charge in [-0.1, -0.05) is 19.1 Å². The van der Waals surface area contributed by atoms with Crippen LogP contribution < -0.4 is 19.1 Å². The van der Waals surface area contributed by atoms with Gasteiger partial charge in [0.1, 0.15) is 10.6 Å². The van der Waals surface area contributed by atoms with Crippen molar-refractivity contribution in [2.45, 2.75) is 49.6 Å². The van der Waals surface area contributed by atoms with Crippen LogP contribution in [0, 0.1) is 11.3 Å². The Bertz CT molecular complexity index is 1880. The van der Waals surface area contributed by atoms with Gasteiger partial charge in [-0.05, 0) is 75.2 Å². The van der Waals surface area contributed by atoms with Crippen molar-refractivity contribution in [3.63, 3.8) is 0 Å². The zero-order chi connectivity index (χ0) is 35.5. The molecule has 13 nitrogen and oxygen atoms in total. The molecule has 3 aliphatic rings. The van der Waals surface area contributed by atoms with Crippen LogP contribution in [0.5, 0.6) is 11.6 Å². The second-order valence-electron chi connectivity index (χ2n) is 12.6. The summed E-state index contributed by atoms with van der Waals surface area (Å²) in [5.74, 6) is -0.867. The molecule has 50 heavy (non-hydrogen) atoms. The number of hydrogen-bond donors (Lipinski definition) is 1. The minimum absolute atomic E-state index is 0.00701. The number of amides is 3. The number of nitrogens with zero attached hydrogens (tertiary/aromatic N) is 6. The molecule has 264 valence electrons. The third-order valence-corrected chi connectivity index (χ3v) is 11.5. The number of likely N-dealkylation sites (tertiary alicyclic amines) is 1. The van der Waals surface area contributed by atoms with E-state index in [0.717, 1.165) is 52.0 Å². The molecule has 1 unspecified atom stereocenters. The summed E-state index contributed by atoms with van der Waals surface area (Å²) in [6.07, 6.45) is 4.16. The number of fused-ring (bicyclic) bond motifs is 1. The molecule has 0 spiro atoms. The Hall–Kier alpha value is -4.71. The number of piperazine rings is 1. The van der Waals surface area contributed by atoms with Crippen molar-refractivity contribution in [1.29, 1.82) is 5.26 Å². The Morgan fingerprint density at radius 1 is 1.02 bits per heavy atom. The van der Waals surface area contributed by atoms with E-state index < -0.39 is 27.5 Å². The summed E-state index contributed by atoms with van der Waals surface area (Å²) in [6.45, 7) is 10.2. The molecule has 1 atom stereocenters. The van der Waals surface area contributed by atoms with E-state index in [1.165, 1.54) is 49.7 Å². The van der Waals surface area contributed by atoms with Crippen LogP contribution in [0.4, 0.5) is 10.5 Å². The normalized spacial score (nSPS) is 20.3. The number of anilines is 1. The number of sulfonamides is 1. The van der Waals surface area contributed by atoms with Gasteiger partial charge in [-0.15, -0.1) is 0 Å². The maximum absolute atomic E-state index is 15.1. The molecular weight excluding hydrogens is 659 g/mol. The maximum Gasteiger partial charge on any atom is 0.318 e. The predicted octanol–water partition coefficient (Wildman–Crippen LogP) is 3.54. The minimum Gasteiger partial charge on any atom is -0.495 e. The quantitative estimate of drug-likeness (QED) is 0.333. The van der Waals surface area contributed by atoms with Crippen LogP contribution in [0.3, 0.4) is 0 Å². The van der Waals surface area contributed by atoms with Gasteiger partial charge < -0.3 is 24.6 Å². The average Bonchev–Trinajstić information content (AvgIpc) is 3.39. The average molecular weight is 702 g/mol. The zero-order valence-electron chi connectivity index (χ0n) is 28.7. The van der Waals surface area contributed by atoms with Crippen molar-refractivity contribution < 1.29 is 27.5 Å². The predicted molar refractivity (Wildman–Crippen MR) is 186 cm³/mol. The fourth-order valence-corrected chi connectivity index (χ4v) is 8.97. The number of methoxy groups -OCH3 is 1. The molecule has 0 bridgehead atoms. The molecule has 0 saturated carbocycles. The van der Waals surface area contributed by atoms with Gasteiger partial charge in [-0.3, -0.25) is 9.69 Å². The number of carbonyl (C=O) groups is 2. The van der Waals surface area contributed by atoms with E-state index in [9.17, 15) is 18.5 Å². The number of hydrogen-bond acceptors (Lipinski definition) is 10. The molecule has 2 saturated heterocycles. The summed E-state index contributed by atoms with van der Waals surface area (Å²) in [7, 11) is -3.27. The number of nitriles is 1. The van der Waals surface area contributed by atoms with Crippen LogP contribution in [-0.4, -0.2) is 106 Å². The SMILES string of the molecule is CCCN1CCN(C2CCN(C(=O)NC3(c4cccnc4OCC)C(=O)N(S(=O)(=O)c4ccccc4OC)c4ccc(C#N)cc43)CC2)CC1. The van der Waals surface area contributed by atoms with Crippen LogP contribution in [-0.2, 0) is 20.4 Å². The highest BCUT2D eigenvalue weighted by Crippen LogP contribution is 2.49. The number of ether oxygens (including phenoxy) is 2. The van der Waals surface area contributed by atoms with Crippen LogP contribution in [0.25, 0.3) is 0 Å². The molecule has 6 rings (SSSR count). The Morgan fingerprint density at radius 2 is 1.76 bits per heavy atom. The van der Waals surface area contributed by atoms with Crippen LogP contribution in [0.15, 0.2) is 65.7 Å². The molecule has 4 heterocycles. The molecule has 2 fully saturated rings. The monoisotopic (exact) mass is 701 g/mol. The first-order valence-corrected chi connectivity index (χ1v) is 18.5. The van der Waals surface area contributed by atoms with E-state index in [1.54, 1.807) is 30.0 Å². The highest BCUT2D eigenvalue weighted by Gasteiger charge is 2.59. The standard InChI is InChI=1S/C36H43N7O6S/c1-4-17-40-20-22-41(23-21-40)27-14-18-42(19-15-27)35(45)39-36(28-9-8-16-38-33(28)49-5-2)29-24-26(25-37)12-13-30(29)43(34(36)44)50(46,47)32-11-7-6-10-31(32)48-3/h6-13,16,24,27H,4-5,14-15,17-23H2,1-3H3,(H,39,45). The highest BCUT2D eigenvalue weighted by molar-refractivity contribution is 7.93. The summed E-state index contributed by atoms with van der Waals surface area (Å²) in [5, 5.41) is 12.9. The van der Waals surface area contributed by atoms with Gasteiger partial charge >= 0.3 is 6.03 Å². The Balaban J connectivity index is 1.39. The fraction of sp³-hybridized carbons (Fsp3) is 0.444. The van der Waals surface area contributed by atoms with Crippen molar-refractivity contribution in [2.75, 3.05) is 63.8 Å². The first kappa shape index (κ1) is 35.1. The van der Waals surface area contributed by atoms with Gasteiger partial charge in [0.25, 0.3) is 15.9 Å². The first-order valence-electron chi connectivity index (χ1n) is 17.1. The third kappa shape index (κ3) is 6.25. The molecule has 1 N–H and O–H groups in total. The number of nitrogens with one attached hydrogen (secondary N) is 1. The van der Waals surface area contributed by atoms with Gasteiger partial charge in [-0.25, -0.2) is 18.2 Å². The molecule has 0 radical (unpaired) electrons. The number of carbonyl (C=O) groups excluding carboxylic acids is 2. The second-order valence-corrected chi connectivity index (χ2v) is 14.4. The molecular formula is C36H43N7O6S. The fourth-order valence-electron chi connectivity index (χ4n) is 7.35. The molecule has 14 heteroatoms. The second kappa shape index (κ2) is 14.6. The van der Waals surface area contributed by atoms with Crippen molar-refractivity contribution >= 4 is 27.6 Å². The Kier molecular flexibility index (Phi) is 10.3. The van der Waals surface area contributed by atoms with Gasteiger partial charge in [-0.2, -0.15) is 9.57 Å². The highest BCUT2D eigenvalue weighted by atomic mass is 32.2. The summed E-state index contributed by atoms with van der Waals surface area (Å²) in [6, 6.07) is 15.4. The van der Waals surface area contributed by atoms with Gasteiger partial charge in [0.2, 0.25) is 5.88 Å². The zero-order valence-corrected chi connectivity index (χ0v) is 29.5. The van der Waals surface area contributed by atoms with E-state index in [1.807, 2.05) is 0 Å². The number of urea groups is 1. The Morgan fingerprint density at radius 3 is 2.44 bits per heavy atom. The first-order chi connectivity index (χ1) is 24.2. The van der Waals surface area contributed by atoms with Crippen LogP contribution in [0.1, 0.15) is 49.8 Å². The third-order valence-electron chi connectivity index (χ3n) is 9.81. The van der Waals surface area contributed by atoms with E-state index >= 15 is 4.79 Å². The van der Waals surface area contributed by atoms with E-state index in [2.05, 4.69) is 33.1 Å². The molecule has 3 aliphatic heterocycles. The maximum atomic E-state index is 15.1. The largest absolute Gasteiger partial charge is 0.495 e. The molecule has 2 aromatic carbocycles. The lowest BCUT2D eigenvalue weighted by atomic mass is 9.83. The number of aromatic nitrogens is 1. The van der Waals surface area contributed by atoms with Crippen molar-refractivity contribution in [1.82, 2.24) is 25.0 Å². The lowest BCUT2D eigenvalue weighted by Gasteiger charge is -2.43. The lowest BCUT2D eigenvalue weighted by molar-refractivity contribution is -0.121.